The average Bonchev–Trinajstić information content (AvgIpc) is 2.92. The van der Waals surface area contributed by atoms with Gasteiger partial charge in [-0.25, -0.2) is 0 Å². The largest absolute Gasteiger partial charge is 0.899 e. The Balaban J connectivity index is 1.36. The molecule has 0 atom stereocenters. The Morgan fingerprint density at radius 3 is 1.81 bits per heavy atom. The van der Waals surface area contributed by atoms with Crippen molar-refractivity contribution in [2.75, 3.05) is 5.47 Å². The molecule has 7 heteroatoms. The van der Waals surface area contributed by atoms with Crippen LogP contribution in [0, 0.1) is 0 Å². The van der Waals surface area contributed by atoms with Gasteiger partial charge in [0.25, 0.3) is 5.52 Å². The molecule has 0 unspecified atom stereocenters. The molecule has 0 spiro atoms. The minimum absolute atomic E-state index is 0.292. The summed E-state index contributed by atoms with van der Waals surface area (Å²) >= 11 is -2.48. The summed E-state index contributed by atoms with van der Waals surface area (Å²) in [4.78, 5) is 9.09. The normalized spacial score (nSPS) is 11.0. The van der Waals surface area contributed by atoms with Crippen molar-refractivity contribution in [2.24, 2.45) is 7.05 Å². The third-order valence-corrected chi connectivity index (χ3v) is 7.52. The van der Waals surface area contributed by atoms with Crippen LogP contribution in [0.5, 0.6) is 17.2 Å². The molecule has 6 aromatic rings. The molecule has 36 heavy (non-hydrogen) atoms. The highest BCUT2D eigenvalue weighted by Crippen LogP contribution is 2.28. The first-order valence-electron chi connectivity index (χ1n) is 11.8. The van der Waals surface area contributed by atoms with E-state index in [2.05, 4.69) is 26.7 Å². The second kappa shape index (κ2) is 9.82. The minimum atomic E-state index is -2.48. The maximum absolute atomic E-state index is 6.54. The lowest BCUT2D eigenvalue weighted by atomic mass is 10.2. The van der Waals surface area contributed by atoms with E-state index >= 15 is 0 Å². The standard InChI is InChI=1S/C11H11NO.2C9H7NO.Al/c1-12-8-4-6-9-5-3-7-10(13-2)11(9)12;2*11-8-5-1-3-7-4-2-6-10-9(7)8;/h3-8H,2H2,1H3;2*1-6,11H;/q+1;;;+2/p-2. The zero-order valence-electron chi connectivity index (χ0n) is 19.7. The number of aryl methyl sites for hydroxylation is 1. The van der Waals surface area contributed by atoms with Gasteiger partial charge in [-0.3, -0.25) is 9.97 Å². The molecule has 3 heterocycles. The number of nitrogens with zero attached hydrogens (tertiary/aromatic N) is 3. The van der Waals surface area contributed by atoms with Crippen molar-refractivity contribution in [3.8, 4) is 17.2 Å². The zero-order chi connectivity index (χ0) is 24.3. The summed E-state index contributed by atoms with van der Waals surface area (Å²) in [5.74, 6) is 2.16. The lowest BCUT2D eigenvalue weighted by molar-refractivity contribution is -0.645. The molecule has 0 saturated heterocycles. The Labute approximate surface area is 213 Å². The van der Waals surface area contributed by atoms with Gasteiger partial charge in [0.1, 0.15) is 35.0 Å². The van der Waals surface area contributed by atoms with Gasteiger partial charge in [-0.1, -0.05) is 42.5 Å². The van der Waals surface area contributed by atoms with Crippen LogP contribution in [-0.4, -0.2) is 30.3 Å². The Bertz CT molecular complexity index is 1590. The first kappa shape index (κ1) is 22.3. The molecule has 3 aromatic heterocycles. The Hall–Kier alpha value is -4.18. The van der Waals surface area contributed by atoms with E-state index in [1.54, 1.807) is 12.4 Å². The van der Waals surface area contributed by atoms with Gasteiger partial charge in [-0.05, 0) is 42.5 Å². The predicted molar refractivity (Wildman–Crippen MR) is 141 cm³/mol. The van der Waals surface area contributed by atoms with Gasteiger partial charge < -0.3 is 12.3 Å². The summed E-state index contributed by atoms with van der Waals surface area (Å²) in [7, 11) is 2.01. The minimum Gasteiger partial charge on any atom is -0.609 e. The first-order valence-corrected chi connectivity index (χ1v) is 13.5. The Morgan fingerprint density at radius 2 is 1.17 bits per heavy atom. The van der Waals surface area contributed by atoms with Gasteiger partial charge in [0.2, 0.25) is 0 Å². The van der Waals surface area contributed by atoms with Crippen molar-refractivity contribution in [3.63, 3.8) is 0 Å². The molecule has 0 saturated carbocycles. The quantitative estimate of drug-likeness (QED) is 0.225. The van der Waals surface area contributed by atoms with Crippen LogP contribution in [0.25, 0.3) is 32.7 Å². The van der Waals surface area contributed by atoms with Gasteiger partial charge in [-0.2, -0.15) is 4.57 Å². The smallest absolute Gasteiger partial charge is 0.609 e. The number of hydrogen-bond donors (Lipinski definition) is 0. The summed E-state index contributed by atoms with van der Waals surface area (Å²) in [5, 5.41) is 3.13. The van der Waals surface area contributed by atoms with Crippen LogP contribution in [0.2, 0.25) is 0 Å². The summed E-state index contributed by atoms with van der Waals surface area (Å²) in [6.45, 7) is 0. The Kier molecular flexibility index (Phi) is 6.08. The average molecular weight is 489 g/mol. The molecule has 0 aliphatic heterocycles. The van der Waals surface area contributed by atoms with E-state index in [-0.39, 0.29) is 0 Å². The first-order chi connectivity index (χ1) is 17.8. The molecule has 0 bridgehead atoms. The van der Waals surface area contributed by atoms with E-state index in [0.717, 1.165) is 38.5 Å². The van der Waals surface area contributed by atoms with Crippen molar-refractivity contribution >= 4 is 47.5 Å². The molecule has 174 valence electrons. The van der Waals surface area contributed by atoms with E-state index in [1.807, 2.05) is 92.1 Å². The van der Waals surface area contributed by atoms with Crippen LogP contribution in [-0.2, 0) is 7.05 Å². The number of hydrogen-bond acceptors (Lipinski definition) is 5. The summed E-state index contributed by atoms with van der Waals surface area (Å²) in [5.41, 5.74) is 2.91. The highest BCUT2D eigenvalue weighted by atomic mass is 27.2. The number of para-hydroxylation sites is 3. The van der Waals surface area contributed by atoms with E-state index in [9.17, 15) is 0 Å². The SMILES string of the molecule is C[n+]1cccc2cccc(O[CH2][Al]([O]c3cccc4cccnc34)[O]c3cccc4cccnc34)c21. The fraction of sp³-hybridized carbons (Fsp3) is 0.0690. The molecule has 0 aliphatic carbocycles. The molecule has 0 fully saturated rings. The molecule has 6 rings (SSSR count). The maximum Gasteiger partial charge on any atom is 0.899 e. The number of ether oxygens (including phenoxy) is 1. The van der Waals surface area contributed by atoms with Crippen molar-refractivity contribution in [2.45, 2.75) is 0 Å². The molecule has 0 N–H and O–H groups in total. The molecule has 0 radical (unpaired) electrons. The highest BCUT2D eigenvalue weighted by Gasteiger charge is 2.36. The van der Waals surface area contributed by atoms with E-state index in [4.69, 9.17) is 12.3 Å². The van der Waals surface area contributed by atoms with Crippen LogP contribution >= 0.6 is 0 Å². The molecule has 3 aromatic carbocycles. The lowest BCUT2D eigenvalue weighted by Gasteiger charge is -2.18. The monoisotopic (exact) mass is 488 g/mol. The van der Waals surface area contributed by atoms with Crippen LogP contribution in [0.4, 0.5) is 0 Å². The van der Waals surface area contributed by atoms with E-state index in [1.165, 1.54) is 0 Å². The van der Waals surface area contributed by atoms with Gasteiger partial charge in [0.15, 0.2) is 11.9 Å². The highest BCUT2D eigenvalue weighted by molar-refractivity contribution is 6.46. The fourth-order valence-corrected chi connectivity index (χ4v) is 5.84. The van der Waals surface area contributed by atoms with Crippen LogP contribution in [0.1, 0.15) is 0 Å². The van der Waals surface area contributed by atoms with E-state index < -0.39 is 14.8 Å². The number of pyridine rings is 3. The zero-order valence-corrected chi connectivity index (χ0v) is 20.9. The Morgan fingerprint density at radius 1 is 0.639 bits per heavy atom. The third kappa shape index (κ3) is 4.43. The summed E-state index contributed by atoms with van der Waals surface area (Å²) in [6.07, 6.45) is 5.56. The topological polar surface area (TPSA) is 57.4 Å². The number of fused-ring (bicyclic) bond motifs is 3. The number of rotatable bonds is 7. The van der Waals surface area contributed by atoms with Crippen LogP contribution in [0.3, 0.4) is 0 Å². The lowest BCUT2D eigenvalue weighted by Crippen LogP contribution is -2.38. The number of benzene rings is 3. The van der Waals surface area contributed by atoms with Gasteiger partial charge in [0, 0.05) is 29.2 Å². The van der Waals surface area contributed by atoms with E-state index in [0.29, 0.717) is 17.0 Å². The molecular formula is C29H23AlN3O3+. The molecule has 6 nitrogen and oxygen atoms in total. The third-order valence-electron chi connectivity index (χ3n) is 6.05. The van der Waals surface area contributed by atoms with Gasteiger partial charge in [-0.15, -0.1) is 0 Å². The van der Waals surface area contributed by atoms with Crippen molar-refractivity contribution in [1.29, 1.82) is 0 Å². The molecule has 0 amide bonds. The molecule has 0 aliphatic rings. The van der Waals surface area contributed by atoms with Crippen molar-refractivity contribution < 1.29 is 16.9 Å². The van der Waals surface area contributed by atoms with Gasteiger partial charge in [0.05, 0.1) is 5.39 Å². The van der Waals surface area contributed by atoms with Crippen molar-refractivity contribution in [3.05, 3.63) is 110 Å². The fourth-order valence-electron chi connectivity index (χ4n) is 4.39. The second-order valence-electron chi connectivity index (χ2n) is 8.45. The van der Waals surface area contributed by atoms with Crippen LogP contribution < -0.4 is 16.9 Å². The van der Waals surface area contributed by atoms with Crippen LogP contribution in [0.15, 0.2) is 110 Å². The van der Waals surface area contributed by atoms with Crippen molar-refractivity contribution in [1.82, 2.24) is 9.97 Å². The van der Waals surface area contributed by atoms with Gasteiger partial charge >= 0.3 is 14.8 Å². The summed E-state index contributed by atoms with van der Waals surface area (Å²) < 4.78 is 21.5. The second-order valence-corrected chi connectivity index (χ2v) is 10.1. The predicted octanol–water partition coefficient (Wildman–Crippen LogP) is 5.32. The molecular weight excluding hydrogens is 465 g/mol. The summed E-state index contributed by atoms with van der Waals surface area (Å²) in [6, 6.07) is 29.9. The maximum atomic E-state index is 6.54. The number of aromatic nitrogens is 3.